The molecule has 0 saturated carbocycles. The lowest BCUT2D eigenvalue weighted by Gasteiger charge is -2.39. The number of pyridine rings is 1. The Hall–Kier alpha value is -3.06. The minimum atomic E-state index is -1.49. The van der Waals surface area contributed by atoms with E-state index in [0.717, 1.165) is 19.4 Å². The molecular weight excluding hydrogens is 462 g/mol. The summed E-state index contributed by atoms with van der Waals surface area (Å²) in [7, 11) is 1.52. The molecule has 1 saturated heterocycles. The van der Waals surface area contributed by atoms with Gasteiger partial charge in [-0.05, 0) is 81.9 Å². The lowest BCUT2D eigenvalue weighted by atomic mass is 9.74. The summed E-state index contributed by atoms with van der Waals surface area (Å²) < 4.78 is 34.7. The predicted octanol–water partition coefficient (Wildman–Crippen LogP) is 6.30. The summed E-state index contributed by atoms with van der Waals surface area (Å²) >= 11 is 0. The van der Waals surface area contributed by atoms with Crippen LogP contribution >= 0.6 is 0 Å². The number of methoxy groups -OCH3 is 1. The first-order chi connectivity index (χ1) is 17.5. The molecule has 36 heavy (non-hydrogen) atoms. The summed E-state index contributed by atoms with van der Waals surface area (Å²) in [5, 5.41) is 10.6. The Balaban J connectivity index is 1.40. The van der Waals surface area contributed by atoms with Gasteiger partial charge in [0, 0.05) is 22.7 Å². The van der Waals surface area contributed by atoms with Crippen LogP contribution < -0.4 is 4.74 Å². The van der Waals surface area contributed by atoms with Gasteiger partial charge < -0.3 is 14.7 Å². The maximum Gasteiger partial charge on any atom is 0.309 e. The zero-order valence-corrected chi connectivity index (χ0v) is 20.8. The molecule has 1 aromatic heterocycles. The first kappa shape index (κ1) is 26.0. The molecule has 0 amide bonds. The van der Waals surface area contributed by atoms with E-state index in [0.29, 0.717) is 42.6 Å². The van der Waals surface area contributed by atoms with Gasteiger partial charge in [-0.2, -0.15) is 0 Å². The SMILES string of the molecule is COc1ccc2ncc(CF)c([C@@H](F)CCC3(C(=O)O)CCN(CCCc4ccccc4)CC3)c2c1. The number of halogens is 2. The Kier molecular flexibility index (Phi) is 8.52. The van der Waals surface area contributed by atoms with Crippen molar-refractivity contribution >= 4 is 16.9 Å². The van der Waals surface area contributed by atoms with Gasteiger partial charge in [-0.25, -0.2) is 8.78 Å². The number of carboxylic acids is 1. The number of fused-ring (bicyclic) bond motifs is 1. The van der Waals surface area contributed by atoms with Crippen LogP contribution in [0.4, 0.5) is 8.78 Å². The first-order valence-corrected chi connectivity index (χ1v) is 12.6. The van der Waals surface area contributed by atoms with Crippen molar-refractivity contribution in [1.29, 1.82) is 0 Å². The topological polar surface area (TPSA) is 62.7 Å². The fourth-order valence-electron chi connectivity index (χ4n) is 5.31. The summed E-state index contributed by atoms with van der Waals surface area (Å²) in [6.45, 7) is 1.45. The standard InChI is InChI=1S/C29H34F2N2O3/c1-36-23-9-10-26-24(18-23)27(22(19-30)20-32-26)25(31)11-12-29(28(34)35)13-16-33(17-14-29)15-5-8-21-6-3-2-4-7-21/h2-4,6-7,9-10,18,20,25H,5,8,11-17,19H2,1H3,(H,34,35)/t25-/m0/s1. The third kappa shape index (κ3) is 5.84. The summed E-state index contributed by atoms with van der Waals surface area (Å²) in [6, 6.07) is 15.4. The molecule has 0 spiro atoms. The van der Waals surface area contributed by atoms with Gasteiger partial charge in [0.15, 0.2) is 0 Å². The van der Waals surface area contributed by atoms with Crippen molar-refractivity contribution in [3.05, 3.63) is 71.4 Å². The van der Waals surface area contributed by atoms with Crippen molar-refractivity contribution in [2.75, 3.05) is 26.7 Å². The lowest BCUT2D eigenvalue weighted by Crippen LogP contribution is -2.44. The largest absolute Gasteiger partial charge is 0.497 e. The molecule has 192 valence electrons. The van der Waals surface area contributed by atoms with E-state index in [1.807, 2.05) is 18.2 Å². The summed E-state index contributed by atoms with van der Waals surface area (Å²) in [4.78, 5) is 18.9. The average molecular weight is 497 g/mol. The number of piperidine rings is 1. The molecule has 0 aliphatic carbocycles. The number of likely N-dealkylation sites (tertiary alicyclic amines) is 1. The third-order valence-electron chi connectivity index (χ3n) is 7.58. The second-order valence-electron chi connectivity index (χ2n) is 9.74. The molecule has 1 fully saturated rings. The van der Waals surface area contributed by atoms with E-state index in [1.165, 1.54) is 18.9 Å². The lowest BCUT2D eigenvalue weighted by molar-refractivity contribution is -0.153. The Bertz CT molecular complexity index is 1160. The van der Waals surface area contributed by atoms with E-state index in [-0.39, 0.29) is 24.0 Å². The number of hydrogen-bond acceptors (Lipinski definition) is 4. The molecule has 2 aromatic carbocycles. The molecule has 1 aliphatic rings. The van der Waals surface area contributed by atoms with Crippen molar-refractivity contribution in [2.24, 2.45) is 5.41 Å². The number of hydrogen-bond donors (Lipinski definition) is 1. The highest BCUT2D eigenvalue weighted by molar-refractivity contribution is 5.85. The van der Waals surface area contributed by atoms with Crippen molar-refractivity contribution in [3.8, 4) is 5.75 Å². The Morgan fingerprint density at radius 3 is 2.61 bits per heavy atom. The van der Waals surface area contributed by atoms with Gasteiger partial charge in [0.05, 0.1) is 18.0 Å². The number of carboxylic acid groups (broad SMARTS) is 1. The van der Waals surface area contributed by atoms with Crippen molar-refractivity contribution in [3.63, 3.8) is 0 Å². The quantitative estimate of drug-likeness (QED) is 0.337. The number of aliphatic carboxylic acids is 1. The Morgan fingerprint density at radius 1 is 1.19 bits per heavy atom. The normalized spacial score (nSPS) is 16.6. The monoisotopic (exact) mass is 496 g/mol. The van der Waals surface area contributed by atoms with Crippen LogP contribution in [0.5, 0.6) is 5.75 Å². The third-order valence-corrected chi connectivity index (χ3v) is 7.58. The van der Waals surface area contributed by atoms with Crippen molar-refractivity contribution < 1.29 is 23.4 Å². The van der Waals surface area contributed by atoms with E-state index in [9.17, 15) is 14.3 Å². The van der Waals surface area contributed by atoms with Gasteiger partial charge in [0.25, 0.3) is 0 Å². The van der Waals surface area contributed by atoms with Crippen LogP contribution in [0, 0.1) is 5.41 Å². The van der Waals surface area contributed by atoms with Crippen molar-refractivity contribution in [1.82, 2.24) is 9.88 Å². The highest BCUT2D eigenvalue weighted by Gasteiger charge is 2.41. The van der Waals surface area contributed by atoms with E-state index < -0.39 is 24.2 Å². The molecule has 4 rings (SSSR count). The molecule has 7 heteroatoms. The second-order valence-corrected chi connectivity index (χ2v) is 9.74. The molecule has 0 bridgehead atoms. The summed E-state index contributed by atoms with van der Waals surface area (Å²) in [6.07, 6.45) is 3.09. The fraction of sp³-hybridized carbons (Fsp3) is 0.448. The Morgan fingerprint density at radius 2 is 1.94 bits per heavy atom. The maximum atomic E-state index is 15.7. The highest BCUT2D eigenvalue weighted by atomic mass is 19.1. The maximum absolute atomic E-state index is 15.7. The van der Waals surface area contributed by atoms with Gasteiger partial charge in [-0.1, -0.05) is 30.3 Å². The van der Waals surface area contributed by atoms with Crippen LogP contribution in [-0.2, 0) is 17.9 Å². The molecule has 1 N–H and O–H groups in total. The van der Waals surface area contributed by atoms with Crippen LogP contribution in [0.3, 0.4) is 0 Å². The number of nitrogens with zero attached hydrogens (tertiary/aromatic N) is 2. The zero-order chi connectivity index (χ0) is 25.5. The predicted molar refractivity (Wildman–Crippen MR) is 137 cm³/mol. The number of aryl methyl sites for hydroxylation is 1. The molecule has 1 atom stereocenters. The molecular formula is C29H34F2N2O3. The number of aromatic nitrogens is 1. The molecule has 5 nitrogen and oxygen atoms in total. The van der Waals surface area contributed by atoms with E-state index in [4.69, 9.17) is 4.74 Å². The van der Waals surface area contributed by atoms with E-state index in [1.54, 1.807) is 18.2 Å². The number of ether oxygens (including phenoxy) is 1. The fourth-order valence-corrected chi connectivity index (χ4v) is 5.31. The molecule has 1 aliphatic heterocycles. The van der Waals surface area contributed by atoms with Crippen LogP contribution in [-0.4, -0.2) is 47.7 Å². The Labute approximate surface area is 211 Å². The molecule has 0 unspecified atom stereocenters. The van der Waals surface area contributed by atoms with Crippen LogP contribution in [0.1, 0.15) is 55.0 Å². The second kappa shape index (κ2) is 11.8. The smallest absolute Gasteiger partial charge is 0.309 e. The number of alkyl halides is 2. The molecule has 2 heterocycles. The van der Waals surface area contributed by atoms with E-state index >= 15 is 4.39 Å². The minimum Gasteiger partial charge on any atom is -0.497 e. The van der Waals surface area contributed by atoms with Gasteiger partial charge in [-0.15, -0.1) is 0 Å². The average Bonchev–Trinajstić information content (AvgIpc) is 2.92. The van der Waals surface area contributed by atoms with Crippen LogP contribution in [0.2, 0.25) is 0 Å². The minimum absolute atomic E-state index is 0.0175. The van der Waals surface area contributed by atoms with E-state index in [2.05, 4.69) is 22.0 Å². The molecule has 3 aromatic rings. The zero-order valence-electron chi connectivity index (χ0n) is 20.8. The molecule has 0 radical (unpaired) electrons. The summed E-state index contributed by atoms with van der Waals surface area (Å²) in [5.41, 5.74) is 1.34. The number of carbonyl (C=O) groups is 1. The van der Waals surface area contributed by atoms with Gasteiger partial charge in [-0.3, -0.25) is 9.78 Å². The van der Waals surface area contributed by atoms with Gasteiger partial charge >= 0.3 is 5.97 Å². The number of benzene rings is 2. The summed E-state index contributed by atoms with van der Waals surface area (Å²) in [5.74, 6) is -0.332. The first-order valence-electron chi connectivity index (χ1n) is 12.6. The van der Waals surface area contributed by atoms with Crippen molar-refractivity contribution in [2.45, 2.75) is 51.4 Å². The number of rotatable bonds is 11. The highest BCUT2D eigenvalue weighted by Crippen LogP contribution is 2.41. The van der Waals surface area contributed by atoms with Crippen LogP contribution in [0.25, 0.3) is 10.9 Å². The van der Waals surface area contributed by atoms with Gasteiger partial charge in [0.1, 0.15) is 18.6 Å². The van der Waals surface area contributed by atoms with Crippen LogP contribution in [0.15, 0.2) is 54.7 Å². The van der Waals surface area contributed by atoms with Gasteiger partial charge in [0.2, 0.25) is 0 Å².